The van der Waals surface area contributed by atoms with Crippen LogP contribution in [-0.2, 0) is 11.3 Å². The van der Waals surface area contributed by atoms with E-state index in [0.29, 0.717) is 17.6 Å². The van der Waals surface area contributed by atoms with E-state index in [4.69, 9.17) is 10.7 Å². The maximum absolute atomic E-state index is 13.7. The second kappa shape index (κ2) is 10.5. The van der Waals surface area contributed by atoms with E-state index < -0.39 is 0 Å². The summed E-state index contributed by atoms with van der Waals surface area (Å²) in [5, 5.41) is 1.28. The lowest BCUT2D eigenvalue weighted by Crippen LogP contribution is -2.45. The van der Waals surface area contributed by atoms with Crippen LogP contribution in [-0.4, -0.2) is 57.6 Å². The highest BCUT2D eigenvalue weighted by Gasteiger charge is 2.34. The van der Waals surface area contributed by atoms with Gasteiger partial charge in [0.2, 0.25) is 5.91 Å². The van der Waals surface area contributed by atoms with Gasteiger partial charge in [0, 0.05) is 54.8 Å². The summed E-state index contributed by atoms with van der Waals surface area (Å²) in [5.41, 5.74) is 11.9. The molecule has 6 rings (SSSR count). The molecule has 3 aliphatic heterocycles. The summed E-state index contributed by atoms with van der Waals surface area (Å²) in [4.78, 5) is 30.8. The molecule has 1 atom stereocenters. The van der Waals surface area contributed by atoms with Crippen LogP contribution in [0.15, 0.2) is 59.9 Å². The molecule has 3 aromatic rings. The van der Waals surface area contributed by atoms with Crippen molar-refractivity contribution in [2.75, 3.05) is 31.9 Å². The number of piperidine rings is 2. The topological polar surface area (TPSA) is 90.6 Å². The van der Waals surface area contributed by atoms with Crippen LogP contribution in [0, 0.1) is 5.92 Å². The first kappa shape index (κ1) is 23.9. The molecule has 7 heteroatoms. The first-order valence-electron chi connectivity index (χ1n) is 13.7. The average Bonchev–Trinajstić information content (AvgIpc) is 3.33. The Balaban J connectivity index is 1.15. The lowest BCUT2D eigenvalue weighted by molar-refractivity contribution is -0.138. The molecular formula is C30H36N6O. The number of pyridine rings is 1. The van der Waals surface area contributed by atoms with E-state index in [1.165, 1.54) is 22.2 Å². The number of nitrogens with one attached hydrogen (secondary N) is 1. The molecule has 2 saturated heterocycles. The molecule has 1 amide bonds. The van der Waals surface area contributed by atoms with E-state index in [1.807, 2.05) is 18.3 Å². The summed E-state index contributed by atoms with van der Waals surface area (Å²) < 4.78 is 0. The molecule has 2 fully saturated rings. The van der Waals surface area contributed by atoms with E-state index in [0.717, 1.165) is 82.5 Å². The molecule has 0 bridgehead atoms. The van der Waals surface area contributed by atoms with Crippen molar-refractivity contribution < 1.29 is 4.79 Å². The Hall–Kier alpha value is -3.45. The largest absolute Gasteiger partial charge is 0.384 e. The van der Waals surface area contributed by atoms with Crippen molar-refractivity contribution in [2.24, 2.45) is 10.9 Å². The molecule has 2 aromatic heterocycles. The van der Waals surface area contributed by atoms with E-state index in [2.05, 4.69) is 50.1 Å². The number of anilines is 1. The average molecular weight is 497 g/mol. The number of likely N-dealkylation sites (tertiary alicyclic amines) is 2. The molecule has 3 aliphatic rings. The lowest BCUT2D eigenvalue weighted by Gasteiger charge is -2.38. The molecule has 0 spiro atoms. The summed E-state index contributed by atoms with van der Waals surface area (Å²) in [7, 11) is 0. The standard InChI is InChI=1S/C30H36N6O/c31-27-18-21(10-14-33-27)19-35-16-11-22(12-17-35)30(37)36-15-5-6-23(20-36)28-24-7-1-2-8-25(24)34-29(28)26-9-3-4-13-32-26/h1-2,4,7-8,10,13-14,18,22-23,34H,3,5-6,9,11-12,15-17,19-20H2,(H2,31,33). The number of benzene rings is 1. The molecule has 1 aromatic carbocycles. The third-order valence-corrected chi connectivity index (χ3v) is 8.25. The van der Waals surface area contributed by atoms with Crippen molar-refractivity contribution in [3.05, 3.63) is 71.7 Å². The highest BCUT2D eigenvalue weighted by Crippen LogP contribution is 2.37. The Kier molecular flexibility index (Phi) is 6.79. The van der Waals surface area contributed by atoms with Gasteiger partial charge in [-0.3, -0.25) is 14.7 Å². The Morgan fingerprint density at radius 3 is 2.78 bits per heavy atom. The second-order valence-corrected chi connectivity index (χ2v) is 10.7. The monoisotopic (exact) mass is 496 g/mol. The zero-order valence-corrected chi connectivity index (χ0v) is 21.4. The molecule has 0 radical (unpaired) electrons. The molecule has 7 nitrogen and oxygen atoms in total. The number of nitrogens with two attached hydrogens (primary N) is 1. The number of nitrogens with zero attached hydrogens (tertiary/aromatic N) is 4. The van der Waals surface area contributed by atoms with Crippen LogP contribution in [0.25, 0.3) is 10.9 Å². The van der Waals surface area contributed by atoms with Gasteiger partial charge in [-0.05, 0) is 80.9 Å². The second-order valence-electron chi connectivity index (χ2n) is 10.7. The number of hydrogen-bond acceptors (Lipinski definition) is 5. The number of para-hydroxylation sites is 1. The summed E-state index contributed by atoms with van der Waals surface area (Å²) >= 11 is 0. The normalized spacial score (nSPS) is 21.4. The fourth-order valence-electron chi connectivity index (χ4n) is 6.37. The van der Waals surface area contributed by atoms with Crippen molar-refractivity contribution in [1.29, 1.82) is 0 Å². The minimum atomic E-state index is 0.118. The van der Waals surface area contributed by atoms with Gasteiger partial charge in [-0.25, -0.2) is 4.98 Å². The number of allylic oxidation sites excluding steroid dienone is 1. The Morgan fingerprint density at radius 1 is 1.11 bits per heavy atom. The molecule has 1 unspecified atom stereocenters. The van der Waals surface area contributed by atoms with E-state index in [9.17, 15) is 4.79 Å². The number of aromatic nitrogens is 2. The number of amides is 1. The highest BCUT2D eigenvalue weighted by molar-refractivity contribution is 6.06. The van der Waals surface area contributed by atoms with Crippen LogP contribution >= 0.6 is 0 Å². The first-order chi connectivity index (χ1) is 18.2. The fourth-order valence-corrected chi connectivity index (χ4v) is 6.37. The van der Waals surface area contributed by atoms with Crippen molar-refractivity contribution >= 4 is 28.3 Å². The van der Waals surface area contributed by atoms with Crippen LogP contribution in [0.2, 0.25) is 0 Å². The molecule has 0 saturated carbocycles. The SMILES string of the molecule is Nc1cc(CN2CCC(C(=O)N3CCCC(c4c(C5=NC=CCC5)[nH]c5ccccc45)C3)CC2)ccn1. The van der Waals surface area contributed by atoms with E-state index >= 15 is 0 Å². The zero-order valence-electron chi connectivity index (χ0n) is 21.4. The van der Waals surface area contributed by atoms with Gasteiger partial charge in [0.1, 0.15) is 5.82 Å². The molecule has 3 N–H and O–H groups in total. The van der Waals surface area contributed by atoms with Crippen LogP contribution in [0.5, 0.6) is 0 Å². The van der Waals surface area contributed by atoms with Gasteiger partial charge < -0.3 is 15.6 Å². The van der Waals surface area contributed by atoms with Gasteiger partial charge in [0.25, 0.3) is 0 Å². The number of fused-ring (bicyclic) bond motifs is 1. The van der Waals surface area contributed by atoms with Crippen LogP contribution < -0.4 is 5.73 Å². The predicted octanol–water partition coefficient (Wildman–Crippen LogP) is 4.86. The Morgan fingerprint density at radius 2 is 1.97 bits per heavy atom. The van der Waals surface area contributed by atoms with Gasteiger partial charge in [-0.15, -0.1) is 0 Å². The third kappa shape index (κ3) is 5.05. The quantitative estimate of drug-likeness (QED) is 0.528. The predicted molar refractivity (Wildman–Crippen MR) is 148 cm³/mol. The third-order valence-electron chi connectivity index (χ3n) is 8.25. The van der Waals surface area contributed by atoms with Crippen LogP contribution in [0.3, 0.4) is 0 Å². The maximum Gasteiger partial charge on any atom is 0.225 e. The number of hydrogen-bond donors (Lipinski definition) is 2. The number of aromatic amines is 1. The van der Waals surface area contributed by atoms with Crippen molar-refractivity contribution in [2.45, 2.75) is 51.0 Å². The van der Waals surface area contributed by atoms with Crippen LogP contribution in [0.1, 0.15) is 61.3 Å². The molecule has 192 valence electrons. The summed E-state index contributed by atoms with van der Waals surface area (Å²) in [6.45, 7) is 4.41. The Bertz CT molecular complexity index is 1330. The number of H-pyrrole nitrogens is 1. The number of carbonyl (C=O) groups is 1. The minimum absolute atomic E-state index is 0.118. The molecule has 37 heavy (non-hydrogen) atoms. The van der Waals surface area contributed by atoms with Crippen molar-refractivity contribution in [3.63, 3.8) is 0 Å². The zero-order chi connectivity index (χ0) is 25.2. The smallest absolute Gasteiger partial charge is 0.225 e. The number of carbonyl (C=O) groups excluding carboxylic acids is 1. The molecule has 0 aliphatic carbocycles. The van der Waals surface area contributed by atoms with Gasteiger partial charge >= 0.3 is 0 Å². The summed E-state index contributed by atoms with van der Waals surface area (Å²) in [5.74, 6) is 1.35. The Labute approximate surface area is 218 Å². The number of aliphatic imine (C=N–C) groups is 1. The van der Waals surface area contributed by atoms with Crippen LogP contribution in [0.4, 0.5) is 5.82 Å². The minimum Gasteiger partial charge on any atom is -0.384 e. The fraction of sp³-hybridized carbons (Fsp3) is 0.433. The van der Waals surface area contributed by atoms with E-state index in [1.54, 1.807) is 6.20 Å². The van der Waals surface area contributed by atoms with Crippen molar-refractivity contribution in [3.8, 4) is 0 Å². The summed E-state index contributed by atoms with van der Waals surface area (Å²) in [6, 6.07) is 12.5. The molecular weight excluding hydrogens is 460 g/mol. The van der Waals surface area contributed by atoms with Gasteiger partial charge in [-0.1, -0.05) is 24.3 Å². The van der Waals surface area contributed by atoms with E-state index in [-0.39, 0.29) is 5.92 Å². The molecule has 5 heterocycles. The van der Waals surface area contributed by atoms with Gasteiger partial charge in [0.15, 0.2) is 0 Å². The maximum atomic E-state index is 13.7. The number of nitrogen functional groups attached to an aromatic ring is 1. The highest BCUT2D eigenvalue weighted by atomic mass is 16.2. The van der Waals surface area contributed by atoms with Gasteiger partial charge in [0.05, 0.1) is 11.4 Å². The van der Waals surface area contributed by atoms with Crippen molar-refractivity contribution in [1.82, 2.24) is 19.8 Å². The van der Waals surface area contributed by atoms with Gasteiger partial charge in [-0.2, -0.15) is 0 Å². The number of rotatable bonds is 5. The summed E-state index contributed by atoms with van der Waals surface area (Å²) in [6.07, 6.45) is 11.8. The lowest BCUT2D eigenvalue weighted by atomic mass is 9.86. The first-order valence-corrected chi connectivity index (χ1v) is 13.7.